The van der Waals surface area contributed by atoms with Crippen LogP contribution in [0.4, 0.5) is 0 Å². The highest BCUT2D eigenvalue weighted by molar-refractivity contribution is 5.47. The van der Waals surface area contributed by atoms with Crippen molar-refractivity contribution in [1.29, 1.82) is 5.26 Å². The number of nitriles is 1. The second-order valence-corrected chi connectivity index (χ2v) is 3.17. The van der Waals surface area contributed by atoms with Crippen molar-refractivity contribution in [1.82, 2.24) is 4.57 Å². The molecule has 3 heteroatoms. The summed E-state index contributed by atoms with van der Waals surface area (Å²) < 4.78 is 1.44. The fourth-order valence-corrected chi connectivity index (χ4v) is 1.18. The molecule has 0 N–H and O–H groups in total. The average molecular weight is 212 g/mol. The van der Waals surface area contributed by atoms with Gasteiger partial charge in [0.05, 0.1) is 5.56 Å². The molecule has 0 fully saturated rings. The van der Waals surface area contributed by atoms with Crippen LogP contribution < -0.4 is 5.56 Å². The van der Waals surface area contributed by atoms with Crippen LogP contribution in [0.25, 0.3) is 5.70 Å². The smallest absolute Gasteiger partial charge is 0.254 e. The van der Waals surface area contributed by atoms with E-state index in [9.17, 15) is 4.79 Å². The van der Waals surface area contributed by atoms with Gasteiger partial charge in [-0.15, -0.1) is 0 Å². The molecule has 0 aliphatic carbocycles. The summed E-state index contributed by atoms with van der Waals surface area (Å²) in [6.45, 7) is 5.35. The van der Waals surface area contributed by atoms with E-state index in [2.05, 4.69) is 6.58 Å². The Morgan fingerprint density at radius 2 is 2.25 bits per heavy atom. The zero-order valence-electron chi connectivity index (χ0n) is 9.05. The summed E-state index contributed by atoms with van der Waals surface area (Å²) in [6, 6.07) is 4.88. The van der Waals surface area contributed by atoms with E-state index in [1.54, 1.807) is 31.2 Å². The predicted molar refractivity (Wildman–Crippen MR) is 64.7 cm³/mol. The lowest BCUT2D eigenvalue weighted by molar-refractivity contribution is 1.00. The molecule has 0 spiro atoms. The number of hydrogen-bond acceptors (Lipinski definition) is 2. The van der Waals surface area contributed by atoms with Crippen molar-refractivity contribution in [2.24, 2.45) is 0 Å². The molecule has 16 heavy (non-hydrogen) atoms. The van der Waals surface area contributed by atoms with Crippen molar-refractivity contribution in [3.63, 3.8) is 0 Å². The molecule has 1 aromatic heterocycles. The van der Waals surface area contributed by atoms with Crippen LogP contribution in [-0.2, 0) is 0 Å². The van der Waals surface area contributed by atoms with Crippen LogP contribution in [0.1, 0.15) is 12.5 Å². The highest BCUT2D eigenvalue weighted by Gasteiger charge is 1.98. The lowest BCUT2D eigenvalue weighted by Crippen LogP contribution is -2.16. The average Bonchev–Trinajstić information content (AvgIpc) is 2.30. The molecule has 0 aliphatic heterocycles. The van der Waals surface area contributed by atoms with E-state index in [-0.39, 0.29) is 5.56 Å². The maximum atomic E-state index is 11.5. The standard InChI is InChI=1S/C13H12N2O/c1-3-4-5-6-11(2)15-10-12(9-14)7-8-13(15)16/h3-8,10H,1H2,2H3/b5-4-,11-6+. The Labute approximate surface area is 94.3 Å². The third-order valence-electron chi connectivity index (χ3n) is 2.00. The van der Waals surface area contributed by atoms with E-state index < -0.39 is 0 Å². The molecule has 0 aromatic carbocycles. The Kier molecular flexibility index (Phi) is 4.05. The minimum atomic E-state index is -0.153. The van der Waals surface area contributed by atoms with E-state index in [4.69, 9.17) is 5.26 Å². The minimum Gasteiger partial charge on any atom is -0.287 e. The third-order valence-corrected chi connectivity index (χ3v) is 2.00. The van der Waals surface area contributed by atoms with Crippen LogP contribution >= 0.6 is 0 Å². The van der Waals surface area contributed by atoms with Crippen molar-refractivity contribution in [3.05, 3.63) is 65.1 Å². The van der Waals surface area contributed by atoms with Gasteiger partial charge in [-0.3, -0.25) is 9.36 Å². The highest BCUT2D eigenvalue weighted by Crippen LogP contribution is 2.02. The number of nitrogens with zero attached hydrogens (tertiary/aromatic N) is 2. The van der Waals surface area contributed by atoms with Gasteiger partial charge in [-0.1, -0.05) is 24.8 Å². The molecular formula is C13H12N2O. The SMILES string of the molecule is C=C/C=C\C=C(/C)n1cc(C#N)ccc1=O. The quantitative estimate of drug-likeness (QED) is 0.722. The van der Waals surface area contributed by atoms with Gasteiger partial charge in [0.1, 0.15) is 6.07 Å². The molecule has 0 amide bonds. The maximum absolute atomic E-state index is 11.5. The summed E-state index contributed by atoms with van der Waals surface area (Å²) in [6.07, 6.45) is 8.51. The van der Waals surface area contributed by atoms with Crippen molar-refractivity contribution in [3.8, 4) is 6.07 Å². The molecule has 0 unspecified atom stereocenters. The molecule has 0 radical (unpaired) electrons. The van der Waals surface area contributed by atoms with Crippen molar-refractivity contribution >= 4 is 5.70 Å². The maximum Gasteiger partial charge on any atom is 0.254 e. The number of aromatic nitrogens is 1. The number of allylic oxidation sites excluding steroid dienone is 5. The van der Waals surface area contributed by atoms with Gasteiger partial charge in [-0.25, -0.2) is 0 Å². The number of pyridine rings is 1. The number of rotatable bonds is 3. The molecular weight excluding hydrogens is 200 g/mol. The van der Waals surface area contributed by atoms with Gasteiger partial charge >= 0.3 is 0 Å². The summed E-state index contributed by atoms with van der Waals surface area (Å²) in [5.41, 5.74) is 1.06. The van der Waals surface area contributed by atoms with E-state index in [1.807, 2.05) is 6.07 Å². The summed E-state index contributed by atoms with van der Waals surface area (Å²) in [5.74, 6) is 0. The lowest BCUT2D eigenvalue weighted by atomic mass is 10.3. The Bertz CT molecular complexity index is 542. The third kappa shape index (κ3) is 2.82. The van der Waals surface area contributed by atoms with Crippen molar-refractivity contribution < 1.29 is 0 Å². The first-order valence-corrected chi connectivity index (χ1v) is 4.78. The van der Waals surface area contributed by atoms with Crippen molar-refractivity contribution in [2.75, 3.05) is 0 Å². The van der Waals surface area contributed by atoms with Crippen LogP contribution in [0.3, 0.4) is 0 Å². The van der Waals surface area contributed by atoms with E-state index >= 15 is 0 Å². The molecule has 0 saturated heterocycles. The van der Waals surface area contributed by atoms with Gasteiger partial charge in [-0.2, -0.15) is 5.26 Å². The summed E-state index contributed by atoms with van der Waals surface area (Å²) in [5, 5.41) is 8.74. The number of hydrogen-bond donors (Lipinski definition) is 0. The van der Waals surface area contributed by atoms with Gasteiger partial charge in [-0.05, 0) is 19.1 Å². The van der Waals surface area contributed by atoms with Gasteiger partial charge in [0.15, 0.2) is 0 Å². The van der Waals surface area contributed by atoms with Crippen LogP contribution in [0, 0.1) is 11.3 Å². The molecule has 1 rings (SSSR count). The normalized spacial score (nSPS) is 11.4. The lowest BCUT2D eigenvalue weighted by Gasteiger charge is -2.04. The summed E-state index contributed by atoms with van der Waals surface area (Å²) in [4.78, 5) is 11.5. The van der Waals surface area contributed by atoms with Crippen LogP contribution in [0.2, 0.25) is 0 Å². The fourth-order valence-electron chi connectivity index (χ4n) is 1.18. The first-order chi connectivity index (χ1) is 7.69. The Morgan fingerprint density at radius 3 is 2.88 bits per heavy atom. The zero-order chi connectivity index (χ0) is 12.0. The van der Waals surface area contributed by atoms with E-state index in [1.165, 1.54) is 22.9 Å². The highest BCUT2D eigenvalue weighted by atomic mass is 16.1. The van der Waals surface area contributed by atoms with Gasteiger partial charge in [0, 0.05) is 18.0 Å². The van der Waals surface area contributed by atoms with Gasteiger partial charge in [0.25, 0.3) is 5.56 Å². The van der Waals surface area contributed by atoms with E-state index in [0.717, 1.165) is 5.70 Å². The topological polar surface area (TPSA) is 45.8 Å². The first-order valence-electron chi connectivity index (χ1n) is 4.78. The molecule has 0 aliphatic rings. The Morgan fingerprint density at radius 1 is 1.50 bits per heavy atom. The monoisotopic (exact) mass is 212 g/mol. The molecule has 80 valence electrons. The zero-order valence-corrected chi connectivity index (χ0v) is 9.05. The second-order valence-electron chi connectivity index (χ2n) is 3.17. The largest absolute Gasteiger partial charge is 0.287 e. The second kappa shape index (κ2) is 5.52. The summed E-state index contributed by atoms with van der Waals surface area (Å²) in [7, 11) is 0. The van der Waals surface area contributed by atoms with Crippen molar-refractivity contribution in [2.45, 2.75) is 6.92 Å². The van der Waals surface area contributed by atoms with Gasteiger partial charge < -0.3 is 0 Å². The van der Waals surface area contributed by atoms with Crippen LogP contribution in [0.15, 0.2) is 54.0 Å². The first kappa shape index (κ1) is 11.7. The van der Waals surface area contributed by atoms with E-state index in [0.29, 0.717) is 5.56 Å². The van der Waals surface area contributed by atoms with Crippen LogP contribution in [-0.4, -0.2) is 4.57 Å². The summed E-state index contributed by atoms with van der Waals surface area (Å²) >= 11 is 0. The molecule has 1 heterocycles. The van der Waals surface area contributed by atoms with Gasteiger partial charge in [0.2, 0.25) is 0 Å². The predicted octanol–water partition coefficient (Wildman–Crippen LogP) is 2.32. The molecule has 1 aromatic rings. The molecule has 0 saturated carbocycles. The fraction of sp³-hybridized carbons (Fsp3) is 0.0769. The minimum absolute atomic E-state index is 0.153. The Balaban J connectivity index is 3.18. The molecule has 0 bridgehead atoms. The molecule has 0 atom stereocenters. The molecule has 3 nitrogen and oxygen atoms in total. The van der Waals surface area contributed by atoms with Crippen LogP contribution in [0.5, 0.6) is 0 Å². The Hall–Kier alpha value is -2.34.